The molecule has 2 aromatic heterocycles. The summed E-state index contributed by atoms with van der Waals surface area (Å²) >= 11 is 1.79. The summed E-state index contributed by atoms with van der Waals surface area (Å²) in [4.78, 5) is 24.8. The zero-order chi connectivity index (χ0) is 21.6. The number of nitrogens with zero attached hydrogens (tertiary/aromatic N) is 4. The van der Waals surface area contributed by atoms with Crippen LogP contribution in [0.2, 0.25) is 0 Å². The summed E-state index contributed by atoms with van der Waals surface area (Å²) in [5, 5.41) is 8.72. The number of rotatable bonds is 7. The summed E-state index contributed by atoms with van der Waals surface area (Å²) in [5.74, 6) is 1.97. The van der Waals surface area contributed by atoms with E-state index in [1.54, 1.807) is 18.4 Å². The van der Waals surface area contributed by atoms with E-state index in [0.717, 1.165) is 56.3 Å². The number of nitrogens with one attached hydrogen (secondary N) is 2. The van der Waals surface area contributed by atoms with Crippen molar-refractivity contribution in [2.75, 3.05) is 26.7 Å². The van der Waals surface area contributed by atoms with Crippen LogP contribution in [0.4, 0.5) is 0 Å². The molecule has 3 heterocycles. The third-order valence-electron chi connectivity index (χ3n) is 5.71. The quantitative estimate of drug-likeness (QED) is 0.338. The number of guanidine groups is 1. The molecule has 2 N–H and O–H groups in total. The summed E-state index contributed by atoms with van der Waals surface area (Å²) in [6, 6.07) is 10.4. The van der Waals surface area contributed by atoms with Gasteiger partial charge in [0.15, 0.2) is 5.96 Å². The van der Waals surface area contributed by atoms with Crippen molar-refractivity contribution in [2.45, 2.75) is 39.3 Å². The Hall–Kier alpha value is -2.87. The Morgan fingerprint density at radius 1 is 1.23 bits per heavy atom. The average Bonchev–Trinajstić information content (AvgIpc) is 3.38. The Bertz CT molecular complexity index is 1070. The van der Waals surface area contributed by atoms with E-state index in [1.165, 1.54) is 16.0 Å². The molecule has 0 saturated heterocycles. The molecule has 0 spiro atoms. The van der Waals surface area contributed by atoms with Crippen molar-refractivity contribution in [2.24, 2.45) is 4.99 Å². The van der Waals surface area contributed by atoms with E-state index in [0.29, 0.717) is 13.0 Å². The molecule has 0 radical (unpaired) electrons. The van der Waals surface area contributed by atoms with E-state index >= 15 is 0 Å². The molecule has 0 bridgehead atoms. The maximum Gasteiger partial charge on any atom is 0.224 e. The number of hydrogen-bond acceptors (Lipinski definition) is 4. The van der Waals surface area contributed by atoms with Crippen molar-refractivity contribution in [1.29, 1.82) is 0 Å². The summed E-state index contributed by atoms with van der Waals surface area (Å²) in [6.45, 7) is 5.89. The molecular formula is C23H30N6OS. The fourth-order valence-electron chi connectivity index (χ4n) is 4.05. The van der Waals surface area contributed by atoms with E-state index in [2.05, 4.69) is 48.8 Å². The largest absolute Gasteiger partial charge is 0.356 e. The van der Waals surface area contributed by atoms with Gasteiger partial charge in [-0.05, 0) is 48.9 Å². The zero-order valence-electron chi connectivity index (χ0n) is 18.2. The van der Waals surface area contributed by atoms with Crippen molar-refractivity contribution in [1.82, 2.24) is 25.1 Å². The Morgan fingerprint density at radius 2 is 2.06 bits per heavy atom. The lowest BCUT2D eigenvalue weighted by atomic mass is 10.1. The fraction of sp³-hybridized carbons (Fsp3) is 0.435. The number of carbonyl (C=O) groups is 1. The van der Waals surface area contributed by atoms with Gasteiger partial charge in [0.2, 0.25) is 5.91 Å². The van der Waals surface area contributed by atoms with Gasteiger partial charge in [-0.25, -0.2) is 4.98 Å². The maximum atomic E-state index is 12.6. The van der Waals surface area contributed by atoms with Gasteiger partial charge in [0.25, 0.3) is 0 Å². The number of amides is 1. The van der Waals surface area contributed by atoms with E-state index < -0.39 is 0 Å². The number of aromatic nitrogens is 2. The highest BCUT2D eigenvalue weighted by molar-refractivity contribution is 7.10. The molecule has 1 aromatic carbocycles. The van der Waals surface area contributed by atoms with Crippen LogP contribution in [0.3, 0.4) is 0 Å². The Morgan fingerprint density at radius 3 is 2.94 bits per heavy atom. The molecular weight excluding hydrogens is 408 g/mol. The van der Waals surface area contributed by atoms with Gasteiger partial charge in [0.1, 0.15) is 5.82 Å². The van der Waals surface area contributed by atoms with Crippen molar-refractivity contribution in [3.63, 3.8) is 0 Å². The zero-order valence-corrected chi connectivity index (χ0v) is 19.0. The summed E-state index contributed by atoms with van der Waals surface area (Å²) in [5.41, 5.74) is 3.52. The third kappa shape index (κ3) is 5.07. The van der Waals surface area contributed by atoms with Gasteiger partial charge in [-0.3, -0.25) is 9.79 Å². The van der Waals surface area contributed by atoms with E-state index in [-0.39, 0.29) is 5.91 Å². The predicted molar refractivity (Wildman–Crippen MR) is 127 cm³/mol. The van der Waals surface area contributed by atoms with Crippen LogP contribution in [0.1, 0.15) is 29.1 Å². The van der Waals surface area contributed by atoms with E-state index in [9.17, 15) is 4.79 Å². The molecule has 8 heteroatoms. The molecule has 1 aliphatic rings. The molecule has 0 fully saturated rings. The second-order valence-electron chi connectivity index (χ2n) is 7.76. The number of para-hydroxylation sites is 2. The highest BCUT2D eigenvalue weighted by atomic mass is 32.1. The number of imidazole rings is 1. The minimum atomic E-state index is 0.197. The molecule has 4 rings (SSSR count). The van der Waals surface area contributed by atoms with Crippen LogP contribution >= 0.6 is 11.3 Å². The van der Waals surface area contributed by atoms with Crippen molar-refractivity contribution >= 4 is 34.2 Å². The number of aliphatic imine (C=N–C) groups is 1. The Balaban J connectivity index is 1.17. The smallest absolute Gasteiger partial charge is 0.224 e. The monoisotopic (exact) mass is 438 g/mol. The highest BCUT2D eigenvalue weighted by Crippen LogP contribution is 2.24. The number of carbonyl (C=O) groups excluding carboxylic acids is 1. The summed E-state index contributed by atoms with van der Waals surface area (Å²) < 4.78 is 2.25. The molecule has 3 aromatic rings. The maximum absolute atomic E-state index is 12.6. The Kier molecular flexibility index (Phi) is 6.86. The number of aryl methyl sites for hydroxylation is 2. The van der Waals surface area contributed by atoms with Crippen molar-refractivity contribution in [3.8, 4) is 0 Å². The first kappa shape index (κ1) is 21.4. The van der Waals surface area contributed by atoms with Crippen LogP contribution in [0.5, 0.6) is 0 Å². The lowest BCUT2D eigenvalue weighted by Gasteiger charge is -2.27. The van der Waals surface area contributed by atoms with Gasteiger partial charge >= 0.3 is 0 Å². The van der Waals surface area contributed by atoms with Crippen LogP contribution in [0.25, 0.3) is 11.0 Å². The predicted octanol–water partition coefficient (Wildman–Crippen LogP) is 2.94. The fourth-order valence-corrected chi connectivity index (χ4v) is 4.94. The Labute approximate surface area is 187 Å². The number of thiophene rings is 1. The highest BCUT2D eigenvalue weighted by Gasteiger charge is 2.21. The molecule has 31 heavy (non-hydrogen) atoms. The lowest BCUT2D eigenvalue weighted by Crippen LogP contribution is -2.41. The first-order chi connectivity index (χ1) is 15.2. The van der Waals surface area contributed by atoms with Gasteiger partial charge in [-0.1, -0.05) is 12.1 Å². The van der Waals surface area contributed by atoms with Crippen LogP contribution in [0.15, 0.2) is 40.7 Å². The first-order valence-electron chi connectivity index (χ1n) is 10.8. The standard InChI is InChI=1S/C23H30N6OS/c1-17-27-19-6-3-4-7-20(19)29(17)13-5-11-25-23(24-2)26-12-8-22(30)28-14-9-21-18(16-28)10-15-31-21/h3-4,6-7,10,15H,5,8-9,11-14,16H2,1-2H3,(H2,24,25,26). The third-order valence-corrected chi connectivity index (χ3v) is 6.73. The van der Waals surface area contributed by atoms with Crippen LogP contribution in [0, 0.1) is 6.92 Å². The average molecular weight is 439 g/mol. The summed E-state index contributed by atoms with van der Waals surface area (Å²) in [7, 11) is 1.76. The molecule has 0 saturated carbocycles. The van der Waals surface area contributed by atoms with E-state index in [1.807, 2.05) is 24.0 Å². The van der Waals surface area contributed by atoms with Crippen LogP contribution in [-0.2, 0) is 24.3 Å². The molecule has 1 aliphatic heterocycles. The second-order valence-corrected chi connectivity index (χ2v) is 8.76. The van der Waals surface area contributed by atoms with Crippen LogP contribution < -0.4 is 10.6 Å². The summed E-state index contributed by atoms with van der Waals surface area (Å²) in [6.07, 6.45) is 2.40. The number of fused-ring (bicyclic) bond motifs is 2. The molecule has 164 valence electrons. The molecule has 0 unspecified atom stereocenters. The minimum Gasteiger partial charge on any atom is -0.356 e. The molecule has 0 atom stereocenters. The molecule has 7 nitrogen and oxygen atoms in total. The van der Waals surface area contributed by atoms with Gasteiger partial charge in [0.05, 0.1) is 11.0 Å². The SMILES string of the molecule is CN=C(NCCCn1c(C)nc2ccccc21)NCCC(=O)N1CCc2sccc2C1. The molecule has 0 aliphatic carbocycles. The topological polar surface area (TPSA) is 74.5 Å². The van der Waals surface area contributed by atoms with Gasteiger partial charge in [-0.2, -0.15) is 0 Å². The van der Waals surface area contributed by atoms with Gasteiger partial charge in [0, 0.05) is 51.1 Å². The van der Waals surface area contributed by atoms with E-state index in [4.69, 9.17) is 0 Å². The number of benzene rings is 1. The first-order valence-corrected chi connectivity index (χ1v) is 11.7. The van der Waals surface area contributed by atoms with Gasteiger partial charge < -0.3 is 20.1 Å². The molecule has 1 amide bonds. The number of hydrogen-bond donors (Lipinski definition) is 2. The van der Waals surface area contributed by atoms with Gasteiger partial charge in [-0.15, -0.1) is 11.3 Å². The van der Waals surface area contributed by atoms with Crippen LogP contribution in [-0.4, -0.2) is 53.0 Å². The van der Waals surface area contributed by atoms with Crippen molar-refractivity contribution < 1.29 is 4.79 Å². The van der Waals surface area contributed by atoms with Crippen molar-refractivity contribution in [3.05, 3.63) is 52.0 Å². The lowest BCUT2D eigenvalue weighted by molar-refractivity contribution is -0.131. The normalized spacial score (nSPS) is 14.0. The minimum absolute atomic E-state index is 0.197. The second kappa shape index (κ2) is 9.96.